The minimum atomic E-state index is -0.472. The molecule has 0 saturated carbocycles. The van der Waals surface area contributed by atoms with Crippen molar-refractivity contribution in [2.75, 3.05) is 12.3 Å². The first-order valence-corrected chi connectivity index (χ1v) is 8.27. The Labute approximate surface area is 145 Å². The zero-order valence-electron chi connectivity index (χ0n) is 12.2. The smallest absolute Gasteiger partial charge is 0.341 e. The predicted molar refractivity (Wildman–Crippen MR) is 93.9 cm³/mol. The number of nitrogen functional groups attached to an aromatic ring is 1. The van der Waals surface area contributed by atoms with Crippen LogP contribution < -0.4 is 11.2 Å². The maximum Gasteiger partial charge on any atom is 0.341 e. The number of halogens is 1. The van der Waals surface area contributed by atoms with E-state index in [4.69, 9.17) is 10.5 Å². The molecule has 1 aromatic carbocycles. The summed E-state index contributed by atoms with van der Waals surface area (Å²) in [6.07, 6.45) is 1.43. The molecule has 0 aliphatic heterocycles. The topological polar surface area (TPSA) is 93.8 Å². The number of nitrogens with zero attached hydrogens (tertiary/aromatic N) is 1. The van der Waals surface area contributed by atoms with Crippen molar-refractivity contribution in [2.45, 2.75) is 6.92 Å². The molecule has 0 spiro atoms. The van der Waals surface area contributed by atoms with Crippen LogP contribution in [0.5, 0.6) is 0 Å². The van der Waals surface area contributed by atoms with Gasteiger partial charge in [0.15, 0.2) is 0 Å². The van der Waals surface area contributed by atoms with Crippen molar-refractivity contribution in [3.05, 3.63) is 50.8 Å². The number of benzene rings is 1. The summed E-state index contributed by atoms with van der Waals surface area (Å²) in [7, 11) is 0. The molecule has 2 aromatic rings. The number of anilines is 1. The van der Waals surface area contributed by atoms with Crippen LogP contribution in [-0.2, 0) is 4.74 Å². The lowest BCUT2D eigenvalue weighted by molar-refractivity contribution is 0.0528. The summed E-state index contributed by atoms with van der Waals surface area (Å²) in [6, 6.07) is 8.47. The molecular weight excluding hydrogens is 382 g/mol. The standard InChI is InChI=1S/C15H14BrN3O3S/c1-2-22-15(21)12-7-11(23-13(12)17)8-18-19-14(20)9-3-5-10(16)6-4-9/h3-8H,2,17H2,1H3,(H,19,20)/b18-8+. The van der Waals surface area contributed by atoms with Gasteiger partial charge in [-0.2, -0.15) is 5.10 Å². The fourth-order valence-corrected chi connectivity index (χ4v) is 2.73. The van der Waals surface area contributed by atoms with Gasteiger partial charge in [0, 0.05) is 10.0 Å². The predicted octanol–water partition coefficient (Wildman–Crippen LogP) is 3.03. The minimum Gasteiger partial charge on any atom is -0.462 e. The van der Waals surface area contributed by atoms with Crippen molar-refractivity contribution < 1.29 is 14.3 Å². The molecule has 3 N–H and O–H groups in total. The Kier molecular flexibility index (Phi) is 5.89. The summed E-state index contributed by atoms with van der Waals surface area (Å²) in [5.41, 5.74) is 8.98. The Morgan fingerprint density at radius 1 is 1.39 bits per heavy atom. The van der Waals surface area contributed by atoms with Gasteiger partial charge in [0.2, 0.25) is 0 Å². The highest BCUT2D eigenvalue weighted by Gasteiger charge is 2.14. The van der Waals surface area contributed by atoms with Gasteiger partial charge >= 0.3 is 5.97 Å². The number of esters is 1. The molecule has 0 saturated heterocycles. The largest absolute Gasteiger partial charge is 0.462 e. The van der Waals surface area contributed by atoms with Gasteiger partial charge in [-0.15, -0.1) is 11.3 Å². The van der Waals surface area contributed by atoms with Crippen LogP contribution in [0.2, 0.25) is 0 Å². The van der Waals surface area contributed by atoms with Crippen LogP contribution in [-0.4, -0.2) is 24.7 Å². The molecule has 0 bridgehead atoms. The molecule has 6 nitrogen and oxygen atoms in total. The summed E-state index contributed by atoms with van der Waals surface area (Å²) < 4.78 is 5.79. The van der Waals surface area contributed by atoms with E-state index in [1.165, 1.54) is 17.6 Å². The molecule has 0 aliphatic rings. The number of hydrogen-bond donors (Lipinski definition) is 2. The number of hydrazone groups is 1. The Bertz CT molecular complexity index is 741. The zero-order chi connectivity index (χ0) is 16.8. The number of carbonyl (C=O) groups is 2. The number of ether oxygens (including phenoxy) is 1. The van der Waals surface area contributed by atoms with E-state index in [1.807, 2.05) is 0 Å². The highest BCUT2D eigenvalue weighted by molar-refractivity contribution is 9.10. The summed E-state index contributed by atoms with van der Waals surface area (Å²) in [6.45, 7) is 2.00. The van der Waals surface area contributed by atoms with Gasteiger partial charge in [-0.1, -0.05) is 15.9 Å². The van der Waals surface area contributed by atoms with Crippen LogP contribution in [0.25, 0.3) is 0 Å². The van der Waals surface area contributed by atoms with E-state index in [2.05, 4.69) is 26.5 Å². The Hall–Kier alpha value is -2.19. The Balaban J connectivity index is 2.00. The molecular formula is C15H14BrN3O3S. The van der Waals surface area contributed by atoms with E-state index < -0.39 is 5.97 Å². The molecule has 2 rings (SSSR count). The second-order valence-electron chi connectivity index (χ2n) is 4.35. The van der Waals surface area contributed by atoms with Crippen LogP contribution in [0.1, 0.15) is 32.5 Å². The van der Waals surface area contributed by atoms with Crippen molar-refractivity contribution in [1.29, 1.82) is 0 Å². The van der Waals surface area contributed by atoms with Gasteiger partial charge in [0.25, 0.3) is 5.91 Å². The quantitative estimate of drug-likeness (QED) is 0.462. The average Bonchev–Trinajstić information content (AvgIpc) is 2.89. The molecule has 0 atom stereocenters. The highest BCUT2D eigenvalue weighted by atomic mass is 79.9. The normalized spacial score (nSPS) is 10.7. The second-order valence-corrected chi connectivity index (χ2v) is 6.38. The third kappa shape index (κ3) is 4.64. The number of nitrogens with two attached hydrogens (primary N) is 1. The lowest BCUT2D eigenvalue weighted by Crippen LogP contribution is -2.17. The molecule has 1 amide bonds. The van der Waals surface area contributed by atoms with Gasteiger partial charge in [-0.3, -0.25) is 4.79 Å². The van der Waals surface area contributed by atoms with Gasteiger partial charge < -0.3 is 10.5 Å². The third-order valence-electron chi connectivity index (χ3n) is 2.74. The van der Waals surface area contributed by atoms with Gasteiger partial charge in [-0.25, -0.2) is 10.2 Å². The lowest BCUT2D eigenvalue weighted by atomic mass is 10.2. The van der Waals surface area contributed by atoms with Gasteiger partial charge in [0.1, 0.15) is 5.00 Å². The SMILES string of the molecule is CCOC(=O)c1cc(/C=N/NC(=O)c2ccc(Br)cc2)sc1N. The van der Waals surface area contributed by atoms with Crippen LogP contribution in [0.15, 0.2) is 39.9 Å². The van der Waals surface area contributed by atoms with E-state index >= 15 is 0 Å². The number of carbonyl (C=O) groups excluding carboxylic acids is 2. The first kappa shape index (κ1) is 17.2. The van der Waals surface area contributed by atoms with Crippen molar-refractivity contribution in [3.63, 3.8) is 0 Å². The maximum atomic E-state index is 11.9. The molecule has 0 unspecified atom stereocenters. The number of rotatable bonds is 5. The Morgan fingerprint density at radius 2 is 2.09 bits per heavy atom. The summed E-state index contributed by atoms with van der Waals surface area (Å²) in [4.78, 5) is 24.2. The zero-order valence-corrected chi connectivity index (χ0v) is 14.6. The molecule has 1 heterocycles. The number of hydrogen-bond acceptors (Lipinski definition) is 6. The van der Waals surface area contributed by atoms with E-state index in [-0.39, 0.29) is 12.5 Å². The molecule has 0 aliphatic carbocycles. The Morgan fingerprint density at radius 3 is 2.74 bits per heavy atom. The van der Waals surface area contributed by atoms with E-state index in [1.54, 1.807) is 37.3 Å². The molecule has 8 heteroatoms. The fourth-order valence-electron chi connectivity index (χ4n) is 1.68. The van der Waals surface area contributed by atoms with Crippen LogP contribution in [0.3, 0.4) is 0 Å². The first-order chi connectivity index (χ1) is 11.0. The third-order valence-corrected chi connectivity index (χ3v) is 4.17. The summed E-state index contributed by atoms with van der Waals surface area (Å²) in [5, 5.41) is 4.22. The van der Waals surface area contributed by atoms with Crippen molar-refractivity contribution >= 4 is 50.4 Å². The van der Waals surface area contributed by atoms with Gasteiger partial charge in [-0.05, 0) is 37.3 Å². The molecule has 23 heavy (non-hydrogen) atoms. The summed E-state index contributed by atoms with van der Waals surface area (Å²) in [5.74, 6) is -0.802. The van der Waals surface area contributed by atoms with Gasteiger partial charge in [0.05, 0.1) is 23.3 Å². The number of nitrogens with one attached hydrogen (secondary N) is 1. The maximum absolute atomic E-state index is 11.9. The van der Waals surface area contributed by atoms with E-state index in [9.17, 15) is 9.59 Å². The molecule has 1 aromatic heterocycles. The van der Waals surface area contributed by atoms with E-state index in [0.717, 1.165) is 4.47 Å². The highest BCUT2D eigenvalue weighted by Crippen LogP contribution is 2.24. The second kappa shape index (κ2) is 7.89. The molecule has 120 valence electrons. The molecule has 0 fully saturated rings. The lowest BCUT2D eigenvalue weighted by Gasteiger charge is -1.99. The number of amides is 1. The van der Waals surface area contributed by atoms with Crippen molar-refractivity contribution in [3.8, 4) is 0 Å². The monoisotopic (exact) mass is 395 g/mol. The summed E-state index contributed by atoms with van der Waals surface area (Å²) >= 11 is 4.49. The van der Waals surface area contributed by atoms with Crippen LogP contribution in [0.4, 0.5) is 5.00 Å². The van der Waals surface area contributed by atoms with E-state index in [0.29, 0.717) is 21.0 Å². The minimum absolute atomic E-state index is 0.279. The number of thiophene rings is 1. The first-order valence-electron chi connectivity index (χ1n) is 6.66. The van der Waals surface area contributed by atoms with Crippen molar-refractivity contribution in [2.24, 2.45) is 5.10 Å². The van der Waals surface area contributed by atoms with Crippen LogP contribution >= 0.6 is 27.3 Å². The fraction of sp³-hybridized carbons (Fsp3) is 0.133. The van der Waals surface area contributed by atoms with Crippen LogP contribution in [0, 0.1) is 0 Å². The molecule has 0 radical (unpaired) electrons. The van der Waals surface area contributed by atoms with Crippen molar-refractivity contribution in [1.82, 2.24) is 5.43 Å². The average molecular weight is 396 g/mol.